The highest BCUT2D eigenvalue weighted by molar-refractivity contribution is 6.22. The number of ether oxygens (including phenoxy) is 2. The van der Waals surface area contributed by atoms with E-state index in [1.54, 1.807) is 37.3 Å². The lowest BCUT2D eigenvalue weighted by Crippen LogP contribution is -2.35. The Labute approximate surface area is 164 Å². The maximum Gasteiger partial charge on any atom is 0.339 e. The number of likely N-dealkylation sites (N-methyl/N-ethyl adjacent to an activating group) is 1. The van der Waals surface area contributed by atoms with Crippen molar-refractivity contribution in [1.29, 1.82) is 0 Å². The number of phenols is 1. The van der Waals surface area contributed by atoms with Gasteiger partial charge in [-0.3, -0.25) is 4.79 Å². The van der Waals surface area contributed by atoms with Crippen molar-refractivity contribution in [3.63, 3.8) is 0 Å². The SMILES string of the molecule is CCNC(=O)[C@H](C)OC(=O)/C(=C/c1ccc(O)c(OCC)c1)c1ccccc1. The number of amides is 1. The molecule has 28 heavy (non-hydrogen) atoms. The summed E-state index contributed by atoms with van der Waals surface area (Å²) in [6, 6.07) is 13.9. The fraction of sp³-hybridized carbons (Fsp3) is 0.273. The lowest BCUT2D eigenvalue weighted by Gasteiger charge is -2.15. The molecule has 1 atom stereocenters. The van der Waals surface area contributed by atoms with Crippen molar-refractivity contribution in [3.05, 3.63) is 59.7 Å². The van der Waals surface area contributed by atoms with Gasteiger partial charge in [0, 0.05) is 6.54 Å². The minimum Gasteiger partial charge on any atom is -0.504 e. The second-order valence-electron chi connectivity index (χ2n) is 6.03. The minimum absolute atomic E-state index is 0.0210. The Morgan fingerprint density at radius 2 is 1.86 bits per heavy atom. The average molecular weight is 383 g/mol. The fourth-order valence-electron chi connectivity index (χ4n) is 2.53. The van der Waals surface area contributed by atoms with Crippen molar-refractivity contribution < 1.29 is 24.2 Å². The van der Waals surface area contributed by atoms with Gasteiger partial charge in [0.15, 0.2) is 17.6 Å². The number of esters is 1. The van der Waals surface area contributed by atoms with E-state index in [1.165, 1.54) is 13.0 Å². The van der Waals surface area contributed by atoms with E-state index in [9.17, 15) is 14.7 Å². The molecular weight excluding hydrogens is 358 g/mol. The molecule has 2 N–H and O–H groups in total. The van der Waals surface area contributed by atoms with Crippen LogP contribution in [0.3, 0.4) is 0 Å². The Hall–Kier alpha value is -3.28. The number of aromatic hydroxyl groups is 1. The van der Waals surface area contributed by atoms with Gasteiger partial charge >= 0.3 is 5.97 Å². The van der Waals surface area contributed by atoms with Gasteiger partial charge in [-0.2, -0.15) is 0 Å². The molecule has 6 heteroatoms. The highest BCUT2D eigenvalue weighted by atomic mass is 16.5. The highest BCUT2D eigenvalue weighted by Crippen LogP contribution is 2.29. The number of hydrogen-bond donors (Lipinski definition) is 2. The highest BCUT2D eigenvalue weighted by Gasteiger charge is 2.21. The smallest absolute Gasteiger partial charge is 0.339 e. The van der Waals surface area contributed by atoms with Gasteiger partial charge in [0.05, 0.1) is 12.2 Å². The fourth-order valence-corrected chi connectivity index (χ4v) is 2.53. The van der Waals surface area contributed by atoms with Crippen LogP contribution in [-0.2, 0) is 14.3 Å². The lowest BCUT2D eigenvalue weighted by molar-refractivity contribution is -0.149. The van der Waals surface area contributed by atoms with Gasteiger partial charge in [-0.1, -0.05) is 36.4 Å². The number of phenolic OH excluding ortho intramolecular Hbond substituents is 1. The quantitative estimate of drug-likeness (QED) is 0.415. The first kappa shape index (κ1) is 21.0. The first-order chi connectivity index (χ1) is 13.5. The number of benzene rings is 2. The molecule has 0 radical (unpaired) electrons. The van der Waals surface area contributed by atoms with Gasteiger partial charge in [-0.05, 0) is 50.1 Å². The van der Waals surface area contributed by atoms with Crippen molar-refractivity contribution in [2.24, 2.45) is 0 Å². The molecule has 148 valence electrons. The largest absolute Gasteiger partial charge is 0.504 e. The maximum absolute atomic E-state index is 12.8. The van der Waals surface area contributed by atoms with E-state index in [2.05, 4.69) is 5.32 Å². The molecule has 0 aliphatic heterocycles. The third kappa shape index (κ3) is 5.61. The summed E-state index contributed by atoms with van der Waals surface area (Å²) in [5.74, 6) is -0.622. The van der Waals surface area contributed by atoms with Crippen LogP contribution in [0.15, 0.2) is 48.5 Å². The number of carbonyl (C=O) groups excluding carboxylic acids is 2. The molecule has 2 aromatic carbocycles. The predicted molar refractivity (Wildman–Crippen MR) is 108 cm³/mol. The molecule has 0 unspecified atom stereocenters. The zero-order valence-electron chi connectivity index (χ0n) is 16.3. The molecule has 0 aromatic heterocycles. The molecule has 6 nitrogen and oxygen atoms in total. The second-order valence-corrected chi connectivity index (χ2v) is 6.03. The molecule has 0 heterocycles. The van der Waals surface area contributed by atoms with Crippen LogP contribution in [0.2, 0.25) is 0 Å². The van der Waals surface area contributed by atoms with Gasteiger partial charge in [-0.15, -0.1) is 0 Å². The van der Waals surface area contributed by atoms with Crippen LogP contribution in [0.1, 0.15) is 31.9 Å². The summed E-state index contributed by atoms with van der Waals surface area (Å²) >= 11 is 0. The van der Waals surface area contributed by atoms with Crippen LogP contribution in [0.4, 0.5) is 0 Å². The Kier molecular flexibility index (Phi) is 7.63. The van der Waals surface area contributed by atoms with Crippen molar-refractivity contribution in [3.8, 4) is 11.5 Å². The van der Waals surface area contributed by atoms with Crippen LogP contribution in [0, 0.1) is 0 Å². The molecule has 0 fully saturated rings. The van der Waals surface area contributed by atoms with E-state index in [4.69, 9.17) is 9.47 Å². The Bertz CT molecular complexity index is 845. The number of carbonyl (C=O) groups is 2. The van der Waals surface area contributed by atoms with Crippen molar-refractivity contribution in [2.75, 3.05) is 13.2 Å². The summed E-state index contributed by atoms with van der Waals surface area (Å²) in [7, 11) is 0. The average Bonchev–Trinajstić information content (AvgIpc) is 2.69. The van der Waals surface area contributed by atoms with Crippen molar-refractivity contribution >= 4 is 23.5 Å². The standard InChI is InChI=1S/C22H25NO5/c1-4-23-21(25)15(3)28-22(26)18(17-9-7-6-8-10-17)13-16-11-12-19(24)20(14-16)27-5-2/h6-15,24H,4-5H2,1-3H3,(H,23,25)/b18-13+/t15-/m0/s1. The third-order valence-electron chi connectivity index (χ3n) is 3.90. The van der Waals surface area contributed by atoms with Crippen LogP contribution < -0.4 is 10.1 Å². The Morgan fingerprint density at radius 3 is 2.50 bits per heavy atom. The minimum atomic E-state index is -0.918. The summed E-state index contributed by atoms with van der Waals surface area (Å²) < 4.78 is 10.8. The molecule has 1 amide bonds. The third-order valence-corrected chi connectivity index (χ3v) is 3.90. The first-order valence-electron chi connectivity index (χ1n) is 9.17. The molecule has 2 rings (SSSR count). The van der Waals surface area contributed by atoms with Crippen molar-refractivity contribution in [2.45, 2.75) is 26.9 Å². The molecule has 0 spiro atoms. The van der Waals surface area contributed by atoms with Crippen LogP contribution in [-0.4, -0.2) is 36.2 Å². The summed E-state index contributed by atoms with van der Waals surface area (Å²) in [6.07, 6.45) is 0.725. The molecule has 2 aromatic rings. The zero-order chi connectivity index (χ0) is 20.5. The summed E-state index contributed by atoms with van der Waals surface area (Å²) in [4.78, 5) is 24.7. The van der Waals surface area contributed by atoms with Crippen molar-refractivity contribution in [1.82, 2.24) is 5.32 Å². The van der Waals surface area contributed by atoms with Gasteiger partial charge in [0.25, 0.3) is 5.91 Å². The molecular formula is C22H25NO5. The summed E-state index contributed by atoms with van der Waals surface area (Å²) in [5.41, 5.74) is 1.61. The maximum atomic E-state index is 12.8. The predicted octanol–water partition coefficient (Wildman–Crippen LogP) is 3.40. The topological polar surface area (TPSA) is 84.9 Å². The molecule has 0 aliphatic carbocycles. The number of rotatable bonds is 8. The molecule has 0 saturated heterocycles. The van der Waals surface area contributed by atoms with E-state index in [1.807, 2.05) is 25.1 Å². The van der Waals surface area contributed by atoms with E-state index < -0.39 is 12.1 Å². The first-order valence-corrected chi connectivity index (χ1v) is 9.17. The van der Waals surface area contributed by atoms with Gasteiger partial charge in [0.2, 0.25) is 0 Å². The van der Waals surface area contributed by atoms with E-state index in [0.717, 1.165) is 0 Å². The molecule has 0 aliphatic rings. The zero-order valence-corrected chi connectivity index (χ0v) is 16.3. The van der Waals surface area contributed by atoms with Gasteiger partial charge < -0.3 is 19.9 Å². The van der Waals surface area contributed by atoms with E-state index >= 15 is 0 Å². The monoisotopic (exact) mass is 383 g/mol. The van der Waals surface area contributed by atoms with Crippen LogP contribution >= 0.6 is 0 Å². The van der Waals surface area contributed by atoms with Crippen LogP contribution in [0.25, 0.3) is 11.6 Å². The lowest BCUT2D eigenvalue weighted by atomic mass is 10.0. The Morgan fingerprint density at radius 1 is 1.14 bits per heavy atom. The second kappa shape index (κ2) is 10.2. The Balaban J connectivity index is 2.38. The van der Waals surface area contributed by atoms with E-state index in [-0.39, 0.29) is 11.7 Å². The van der Waals surface area contributed by atoms with Gasteiger partial charge in [0.1, 0.15) is 0 Å². The van der Waals surface area contributed by atoms with Gasteiger partial charge in [-0.25, -0.2) is 4.79 Å². The number of nitrogens with one attached hydrogen (secondary N) is 1. The number of hydrogen-bond acceptors (Lipinski definition) is 5. The van der Waals surface area contributed by atoms with Crippen LogP contribution in [0.5, 0.6) is 11.5 Å². The normalized spacial score (nSPS) is 12.2. The summed E-state index contributed by atoms with van der Waals surface area (Å²) in [6.45, 7) is 5.99. The molecule has 0 bridgehead atoms. The van der Waals surface area contributed by atoms with E-state index in [0.29, 0.717) is 35.6 Å². The molecule has 0 saturated carbocycles. The summed E-state index contributed by atoms with van der Waals surface area (Å²) in [5, 5.41) is 12.5.